The molecule has 0 bridgehead atoms. The van der Waals surface area contributed by atoms with Gasteiger partial charge in [-0.15, -0.1) is 0 Å². The van der Waals surface area contributed by atoms with Gasteiger partial charge >= 0.3 is 0 Å². The molecule has 0 saturated carbocycles. The zero-order valence-electron chi connectivity index (χ0n) is 35.4. The highest BCUT2D eigenvalue weighted by atomic mass is 15.1. The lowest BCUT2D eigenvalue weighted by Crippen LogP contribution is -2.34. The van der Waals surface area contributed by atoms with Crippen LogP contribution < -0.4 is 4.90 Å². The fraction of sp³-hybridized carbons (Fsp3) is 0.345. The van der Waals surface area contributed by atoms with Gasteiger partial charge in [-0.3, -0.25) is 0 Å². The predicted octanol–water partition coefficient (Wildman–Crippen LogP) is 15.5. The summed E-state index contributed by atoms with van der Waals surface area (Å²) >= 11 is 0. The predicted molar refractivity (Wildman–Crippen MR) is 240 cm³/mol. The Hall–Kier alpha value is -4.88. The maximum Gasteiger partial charge on any atom is 0.0543 e. The van der Waals surface area contributed by atoms with Crippen LogP contribution in [-0.2, 0) is 27.1 Å². The van der Waals surface area contributed by atoms with Crippen molar-refractivity contribution < 1.29 is 0 Å². The van der Waals surface area contributed by atoms with Crippen LogP contribution in [0.15, 0.2) is 127 Å². The van der Waals surface area contributed by atoms with E-state index < -0.39 is 0 Å². The van der Waals surface area contributed by atoms with E-state index in [2.05, 4.69) is 202 Å². The summed E-state index contributed by atoms with van der Waals surface area (Å²) in [5, 5.41) is 0. The van der Waals surface area contributed by atoms with Gasteiger partial charge in [0.05, 0.1) is 5.69 Å². The van der Waals surface area contributed by atoms with Gasteiger partial charge < -0.3 is 4.90 Å². The van der Waals surface area contributed by atoms with Crippen LogP contribution in [0.1, 0.15) is 128 Å². The van der Waals surface area contributed by atoms with E-state index >= 15 is 0 Å². The largest absolute Gasteiger partial charge is 0.310 e. The fourth-order valence-corrected chi connectivity index (χ4v) is 10.7. The zero-order valence-corrected chi connectivity index (χ0v) is 35.4. The van der Waals surface area contributed by atoms with Gasteiger partial charge in [-0.05, 0) is 145 Å². The summed E-state index contributed by atoms with van der Waals surface area (Å²) in [4.78, 5) is 2.60. The molecule has 3 aliphatic carbocycles. The highest BCUT2D eigenvalue weighted by molar-refractivity contribution is 5.96. The first-order valence-electron chi connectivity index (χ1n) is 21.0. The number of nitrogens with zero attached hydrogens (tertiary/aromatic N) is 1. The first-order valence-corrected chi connectivity index (χ1v) is 21.0. The normalized spacial score (nSPS) is 19.0. The highest BCUT2D eigenvalue weighted by Gasteiger charge is 2.42. The number of rotatable bonds is 5. The second-order valence-electron chi connectivity index (χ2n) is 20.3. The van der Waals surface area contributed by atoms with Gasteiger partial charge in [0.2, 0.25) is 0 Å². The number of hydrogen-bond donors (Lipinski definition) is 0. The molecule has 0 spiro atoms. The lowest BCUT2D eigenvalue weighted by Gasteiger charge is -2.44. The maximum atomic E-state index is 2.60. The van der Waals surface area contributed by atoms with E-state index in [-0.39, 0.29) is 27.1 Å². The number of benzene rings is 6. The van der Waals surface area contributed by atoms with Gasteiger partial charge in [-0.1, -0.05) is 160 Å². The molecule has 0 N–H and O–H groups in total. The average molecular weight is 734 g/mol. The number of anilines is 3. The smallest absolute Gasteiger partial charge is 0.0543 e. The summed E-state index contributed by atoms with van der Waals surface area (Å²) in [5.41, 5.74) is 20.5. The average Bonchev–Trinajstić information content (AvgIpc) is 3.41. The second-order valence-corrected chi connectivity index (χ2v) is 20.3. The first-order chi connectivity index (χ1) is 26.5. The quantitative estimate of drug-likeness (QED) is 0.171. The van der Waals surface area contributed by atoms with E-state index in [9.17, 15) is 0 Å². The van der Waals surface area contributed by atoms with Gasteiger partial charge in [0.1, 0.15) is 0 Å². The van der Waals surface area contributed by atoms with Gasteiger partial charge in [0.15, 0.2) is 0 Å². The molecule has 9 rings (SSSR count). The van der Waals surface area contributed by atoms with E-state index in [1.807, 2.05) is 0 Å². The third kappa shape index (κ3) is 5.71. The Balaban J connectivity index is 1.37. The Kier molecular flexibility index (Phi) is 8.24. The third-order valence-electron chi connectivity index (χ3n) is 14.4. The van der Waals surface area contributed by atoms with Gasteiger partial charge in [-0.2, -0.15) is 0 Å². The number of fused-ring (bicyclic) bond motifs is 5. The van der Waals surface area contributed by atoms with Gasteiger partial charge in [0.25, 0.3) is 0 Å². The van der Waals surface area contributed by atoms with Crippen LogP contribution in [0, 0.1) is 0 Å². The molecule has 56 heavy (non-hydrogen) atoms. The van der Waals surface area contributed by atoms with Crippen molar-refractivity contribution in [1.82, 2.24) is 0 Å². The Labute approximate surface area is 336 Å². The van der Waals surface area contributed by atoms with Crippen molar-refractivity contribution in [3.8, 4) is 33.4 Å². The molecule has 1 heteroatoms. The lowest BCUT2D eigenvalue weighted by molar-refractivity contribution is 0.332. The first kappa shape index (κ1) is 36.7. The molecule has 0 unspecified atom stereocenters. The zero-order chi connectivity index (χ0) is 39.4. The standard InChI is InChI=1S/C55H59N/c1-51(2)29-30-53(5,6)48-33-39(27-28-45(48)51)56(38-25-23-37(24-26-38)36-17-12-11-13-18-36)49-35-47-42(40-19-14-15-21-44(40)55(47,9)10)34-43(49)41-20-16-22-46-50(41)54(7,8)32-31-52(46,3)4/h11-28,33-35H,29-32H2,1-10H3. The fourth-order valence-electron chi connectivity index (χ4n) is 10.7. The Bertz CT molecular complexity index is 2490. The van der Waals surface area contributed by atoms with Crippen LogP contribution in [0.25, 0.3) is 33.4 Å². The lowest BCUT2D eigenvalue weighted by atomic mass is 9.61. The van der Waals surface area contributed by atoms with Crippen LogP contribution in [-0.4, -0.2) is 0 Å². The highest BCUT2D eigenvalue weighted by Crippen LogP contribution is 2.57. The molecule has 0 aromatic heterocycles. The Morgan fingerprint density at radius 1 is 0.357 bits per heavy atom. The second kappa shape index (κ2) is 12.6. The van der Waals surface area contributed by atoms with Crippen molar-refractivity contribution in [3.63, 3.8) is 0 Å². The summed E-state index contributed by atoms with van der Waals surface area (Å²) in [6.45, 7) is 24.4. The van der Waals surface area contributed by atoms with Crippen LogP contribution in [0.5, 0.6) is 0 Å². The van der Waals surface area contributed by atoms with Crippen LogP contribution in [0.4, 0.5) is 17.1 Å². The van der Waals surface area contributed by atoms with Crippen LogP contribution in [0.2, 0.25) is 0 Å². The van der Waals surface area contributed by atoms with Gasteiger partial charge in [0, 0.05) is 22.4 Å². The maximum absolute atomic E-state index is 2.60. The van der Waals surface area contributed by atoms with E-state index in [0.717, 1.165) is 0 Å². The van der Waals surface area contributed by atoms with Gasteiger partial charge in [-0.25, -0.2) is 0 Å². The molecule has 0 aliphatic heterocycles. The molecule has 284 valence electrons. The Morgan fingerprint density at radius 3 is 1.62 bits per heavy atom. The molecule has 0 atom stereocenters. The third-order valence-corrected chi connectivity index (χ3v) is 14.4. The molecule has 6 aromatic rings. The molecule has 0 heterocycles. The SMILES string of the molecule is CC1(C)CCC(C)(C)c2cc(N(c3ccc(-c4ccccc4)cc3)c3cc4c(cc3-c3cccc5c3C(C)(C)CCC5(C)C)-c3ccccc3C4(C)C)ccc21. The topological polar surface area (TPSA) is 3.24 Å². The van der Waals surface area contributed by atoms with E-state index in [0.29, 0.717) is 0 Å². The van der Waals surface area contributed by atoms with E-state index in [4.69, 9.17) is 0 Å². The minimum absolute atomic E-state index is 0.0402. The monoisotopic (exact) mass is 733 g/mol. The van der Waals surface area contributed by atoms with Crippen molar-refractivity contribution >= 4 is 17.1 Å². The summed E-state index contributed by atoms with van der Waals surface area (Å²) in [6.07, 6.45) is 4.74. The van der Waals surface area contributed by atoms with Crippen LogP contribution in [0.3, 0.4) is 0 Å². The Morgan fingerprint density at radius 2 is 0.911 bits per heavy atom. The molecule has 3 aliphatic rings. The molecular weight excluding hydrogens is 675 g/mol. The molecule has 0 fully saturated rings. The summed E-state index contributed by atoms with van der Waals surface area (Å²) in [7, 11) is 0. The minimum atomic E-state index is -0.138. The molecular formula is C55H59N. The van der Waals surface area contributed by atoms with Crippen LogP contribution >= 0.6 is 0 Å². The van der Waals surface area contributed by atoms with Crippen molar-refractivity contribution in [1.29, 1.82) is 0 Å². The van der Waals surface area contributed by atoms with E-state index in [1.54, 1.807) is 0 Å². The molecule has 6 aromatic carbocycles. The summed E-state index contributed by atoms with van der Waals surface area (Å²) < 4.78 is 0. The van der Waals surface area contributed by atoms with Crippen molar-refractivity contribution in [2.75, 3.05) is 4.90 Å². The van der Waals surface area contributed by atoms with Crippen molar-refractivity contribution in [3.05, 3.63) is 161 Å². The summed E-state index contributed by atoms with van der Waals surface area (Å²) in [5.74, 6) is 0. The summed E-state index contributed by atoms with van der Waals surface area (Å²) in [6, 6.07) is 48.9. The van der Waals surface area contributed by atoms with E-state index in [1.165, 1.54) is 110 Å². The molecule has 1 nitrogen and oxygen atoms in total. The van der Waals surface area contributed by atoms with Crippen molar-refractivity contribution in [2.24, 2.45) is 0 Å². The van der Waals surface area contributed by atoms with Crippen molar-refractivity contribution in [2.45, 2.75) is 122 Å². The molecule has 0 saturated heterocycles. The minimum Gasteiger partial charge on any atom is -0.310 e. The molecule has 0 radical (unpaired) electrons. The number of hydrogen-bond acceptors (Lipinski definition) is 1. The molecule has 0 amide bonds.